The van der Waals surface area contributed by atoms with Crippen molar-refractivity contribution >= 4 is 46.0 Å². The molecule has 4 aromatic rings. The van der Waals surface area contributed by atoms with Gasteiger partial charge in [-0.05, 0) is 36.4 Å². The Hall–Kier alpha value is -3.17. The summed E-state index contributed by atoms with van der Waals surface area (Å²) in [5.41, 5.74) is 0.998. The van der Waals surface area contributed by atoms with Crippen molar-refractivity contribution in [3.05, 3.63) is 75.9 Å². The molecule has 0 fully saturated rings. The lowest BCUT2D eigenvalue weighted by Crippen LogP contribution is -2.15. The molecule has 1 amide bonds. The van der Waals surface area contributed by atoms with Crippen LogP contribution in [0.25, 0.3) is 16.7 Å². The fraction of sp³-hybridized carbons (Fsp3) is 0.0526. The highest BCUT2D eigenvalue weighted by Crippen LogP contribution is 2.20. The number of halogens is 2. The molecule has 0 saturated heterocycles. The van der Waals surface area contributed by atoms with Crippen molar-refractivity contribution in [3.63, 3.8) is 0 Å². The van der Waals surface area contributed by atoms with Gasteiger partial charge in [-0.1, -0.05) is 35.5 Å². The molecule has 0 aliphatic rings. The third-order valence-electron chi connectivity index (χ3n) is 3.92. The van der Waals surface area contributed by atoms with Crippen LogP contribution in [0.4, 0.5) is 10.1 Å². The molecule has 0 aliphatic heterocycles. The van der Waals surface area contributed by atoms with Crippen LogP contribution >= 0.6 is 23.4 Å². The molecule has 2 aromatic carbocycles. The van der Waals surface area contributed by atoms with Crippen molar-refractivity contribution in [2.75, 3.05) is 11.1 Å². The summed E-state index contributed by atoms with van der Waals surface area (Å²) in [5, 5.41) is 7.92. The Balaban J connectivity index is 1.56. The number of amides is 1. The number of fused-ring (bicyclic) bond motifs is 1. The number of benzene rings is 2. The molecule has 0 bridgehead atoms. The zero-order valence-corrected chi connectivity index (χ0v) is 16.3. The Morgan fingerprint density at radius 1 is 1.24 bits per heavy atom. The first-order valence-electron chi connectivity index (χ1n) is 8.42. The topological polar surface area (TPSA) is 92.7 Å². The van der Waals surface area contributed by atoms with Crippen LogP contribution in [0, 0.1) is 5.82 Å². The number of rotatable bonds is 5. The Kier molecular flexibility index (Phi) is 5.32. The number of aromatic amines is 1. The van der Waals surface area contributed by atoms with Gasteiger partial charge < -0.3 is 10.3 Å². The zero-order chi connectivity index (χ0) is 20.4. The maximum atomic E-state index is 13.2. The van der Waals surface area contributed by atoms with E-state index in [9.17, 15) is 14.0 Å². The second kappa shape index (κ2) is 8.06. The standard InChI is InChI=1S/C19H13ClFN5O2S/c20-11-3-1-6-14(7-11)26-17-15(9-22-26)18(28)25-19(24-17)29-10-16(27)23-13-5-2-4-12(21)8-13/h1-9H,10H2,(H,23,27)(H,24,25,28). The van der Waals surface area contributed by atoms with Crippen molar-refractivity contribution in [3.8, 4) is 5.69 Å². The second-order valence-corrected chi connectivity index (χ2v) is 7.39. The third kappa shape index (κ3) is 4.30. The summed E-state index contributed by atoms with van der Waals surface area (Å²) in [4.78, 5) is 31.5. The van der Waals surface area contributed by atoms with Crippen LogP contribution in [0.3, 0.4) is 0 Å². The van der Waals surface area contributed by atoms with Crippen LogP contribution in [0.2, 0.25) is 5.02 Å². The van der Waals surface area contributed by atoms with Crippen molar-refractivity contribution in [1.82, 2.24) is 19.7 Å². The number of carbonyl (C=O) groups excluding carboxylic acids is 1. The number of carbonyl (C=O) groups is 1. The lowest BCUT2D eigenvalue weighted by atomic mass is 10.3. The van der Waals surface area contributed by atoms with E-state index in [1.165, 1.54) is 29.1 Å². The Labute approximate surface area is 172 Å². The number of aromatic nitrogens is 4. The zero-order valence-electron chi connectivity index (χ0n) is 14.7. The van der Waals surface area contributed by atoms with Crippen LogP contribution in [-0.4, -0.2) is 31.4 Å². The molecule has 10 heteroatoms. The van der Waals surface area contributed by atoms with E-state index >= 15 is 0 Å². The van der Waals surface area contributed by atoms with E-state index < -0.39 is 5.82 Å². The molecule has 2 aromatic heterocycles. The van der Waals surface area contributed by atoms with E-state index in [0.29, 0.717) is 27.4 Å². The summed E-state index contributed by atoms with van der Waals surface area (Å²) in [6, 6.07) is 12.6. The van der Waals surface area contributed by atoms with Gasteiger partial charge in [0.2, 0.25) is 5.91 Å². The van der Waals surface area contributed by atoms with Gasteiger partial charge in [-0.3, -0.25) is 9.59 Å². The van der Waals surface area contributed by atoms with E-state index in [4.69, 9.17) is 11.6 Å². The number of nitrogens with one attached hydrogen (secondary N) is 2. The molecule has 29 heavy (non-hydrogen) atoms. The third-order valence-corrected chi connectivity index (χ3v) is 5.03. The lowest BCUT2D eigenvalue weighted by molar-refractivity contribution is -0.113. The normalized spacial score (nSPS) is 11.0. The van der Waals surface area contributed by atoms with E-state index in [0.717, 1.165) is 11.8 Å². The summed E-state index contributed by atoms with van der Waals surface area (Å²) in [6.45, 7) is 0. The molecule has 0 saturated carbocycles. The molecule has 146 valence electrons. The van der Waals surface area contributed by atoms with Crippen molar-refractivity contribution in [1.29, 1.82) is 0 Å². The highest BCUT2D eigenvalue weighted by molar-refractivity contribution is 7.99. The Bertz CT molecular complexity index is 1270. The number of nitrogens with zero attached hydrogens (tertiary/aromatic N) is 3. The fourth-order valence-corrected chi connectivity index (χ4v) is 3.50. The van der Waals surface area contributed by atoms with E-state index in [2.05, 4.69) is 20.4 Å². The number of hydrogen-bond donors (Lipinski definition) is 2. The van der Waals surface area contributed by atoms with Gasteiger partial charge in [-0.2, -0.15) is 5.10 Å². The first kappa shape index (κ1) is 19.2. The van der Waals surface area contributed by atoms with Crippen LogP contribution in [-0.2, 0) is 4.79 Å². The fourth-order valence-electron chi connectivity index (χ4n) is 2.66. The summed E-state index contributed by atoms with van der Waals surface area (Å²) in [7, 11) is 0. The molecule has 0 atom stereocenters. The van der Waals surface area contributed by atoms with Gasteiger partial charge in [0.1, 0.15) is 11.2 Å². The quantitative estimate of drug-likeness (QED) is 0.373. The summed E-state index contributed by atoms with van der Waals surface area (Å²) in [5.74, 6) is -0.816. The Morgan fingerprint density at radius 2 is 2.07 bits per heavy atom. The second-order valence-electron chi connectivity index (χ2n) is 5.99. The predicted octanol–water partition coefficient (Wildman–Crippen LogP) is 3.63. The van der Waals surface area contributed by atoms with Crippen LogP contribution in [0.15, 0.2) is 64.7 Å². The molecule has 2 N–H and O–H groups in total. The monoisotopic (exact) mass is 429 g/mol. The maximum Gasteiger partial charge on any atom is 0.262 e. The maximum absolute atomic E-state index is 13.2. The van der Waals surface area contributed by atoms with Gasteiger partial charge >= 0.3 is 0 Å². The van der Waals surface area contributed by atoms with Gasteiger partial charge in [0.25, 0.3) is 5.56 Å². The van der Waals surface area contributed by atoms with Gasteiger partial charge in [0, 0.05) is 10.7 Å². The van der Waals surface area contributed by atoms with E-state index in [1.54, 1.807) is 30.3 Å². The molecule has 0 aliphatic carbocycles. The largest absolute Gasteiger partial charge is 0.325 e. The molecule has 4 rings (SSSR count). The number of anilines is 1. The number of hydrogen-bond acceptors (Lipinski definition) is 5. The summed E-state index contributed by atoms with van der Waals surface area (Å²) >= 11 is 7.09. The average molecular weight is 430 g/mol. The minimum atomic E-state index is -0.443. The van der Waals surface area contributed by atoms with Gasteiger partial charge in [0.05, 0.1) is 17.6 Å². The van der Waals surface area contributed by atoms with E-state index in [-0.39, 0.29) is 22.4 Å². The molecule has 2 heterocycles. The number of H-pyrrole nitrogens is 1. The average Bonchev–Trinajstić information content (AvgIpc) is 3.11. The van der Waals surface area contributed by atoms with Crippen LogP contribution < -0.4 is 10.9 Å². The predicted molar refractivity (Wildman–Crippen MR) is 110 cm³/mol. The minimum absolute atomic E-state index is 0.0176. The van der Waals surface area contributed by atoms with Crippen LogP contribution in [0.5, 0.6) is 0 Å². The van der Waals surface area contributed by atoms with Crippen molar-refractivity contribution < 1.29 is 9.18 Å². The first-order valence-corrected chi connectivity index (χ1v) is 9.78. The lowest BCUT2D eigenvalue weighted by Gasteiger charge is -2.06. The molecular weight excluding hydrogens is 417 g/mol. The molecular formula is C19H13ClFN5O2S. The molecule has 7 nitrogen and oxygen atoms in total. The summed E-state index contributed by atoms with van der Waals surface area (Å²) in [6.07, 6.45) is 1.42. The smallest absolute Gasteiger partial charge is 0.262 e. The van der Waals surface area contributed by atoms with E-state index in [1.807, 2.05) is 0 Å². The van der Waals surface area contributed by atoms with Gasteiger partial charge in [-0.15, -0.1) is 0 Å². The highest BCUT2D eigenvalue weighted by atomic mass is 35.5. The number of thioether (sulfide) groups is 1. The van der Waals surface area contributed by atoms with Gasteiger partial charge in [0.15, 0.2) is 10.8 Å². The van der Waals surface area contributed by atoms with Crippen molar-refractivity contribution in [2.45, 2.75) is 5.16 Å². The summed E-state index contributed by atoms with van der Waals surface area (Å²) < 4.78 is 14.7. The highest BCUT2D eigenvalue weighted by Gasteiger charge is 2.13. The Morgan fingerprint density at radius 3 is 2.86 bits per heavy atom. The molecule has 0 unspecified atom stereocenters. The minimum Gasteiger partial charge on any atom is -0.325 e. The van der Waals surface area contributed by atoms with Crippen LogP contribution in [0.1, 0.15) is 0 Å². The molecule has 0 radical (unpaired) electrons. The molecule has 0 spiro atoms. The van der Waals surface area contributed by atoms with Crippen molar-refractivity contribution in [2.24, 2.45) is 0 Å². The SMILES string of the molecule is O=C(CSc1nc2c(cnn2-c2cccc(Cl)c2)c(=O)[nH]1)Nc1cccc(F)c1. The van der Waals surface area contributed by atoms with Gasteiger partial charge in [-0.25, -0.2) is 14.1 Å². The first-order chi connectivity index (χ1) is 14.0.